The molecule has 1 unspecified atom stereocenters. The van der Waals surface area contributed by atoms with Crippen LogP contribution in [0.3, 0.4) is 0 Å². The highest BCUT2D eigenvalue weighted by Crippen LogP contribution is 2.28. The number of ether oxygens (including phenoxy) is 1. The number of rotatable bonds is 4. The third-order valence-corrected chi connectivity index (χ3v) is 6.38. The number of aromatic nitrogens is 1. The smallest absolute Gasteiger partial charge is 0.255 e. The van der Waals surface area contributed by atoms with Crippen molar-refractivity contribution in [1.29, 1.82) is 0 Å². The molecule has 0 spiro atoms. The Bertz CT molecular complexity index is 786. The highest BCUT2D eigenvalue weighted by molar-refractivity contribution is 5.94. The zero-order valence-electron chi connectivity index (χ0n) is 17.3. The van der Waals surface area contributed by atoms with E-state index in [9.17, 15) is 4.79 Å². The van der Waals surface area contributed by atoms with Crippen molar-refractivity contribution in [1.82, 2.24) is 9.88 Å². The highest BCUT2D eigenvalue weighted by Gasteiger charge is 2.24. The molecule has 2 saturated heterocycles. The van der Waals surface area contributed by atoms with Crippen LogP contribution >= 0.6 is 0 Å². The average Bonchev–Trinajstić information content (AvgIpc) is 3.06. The minimum absolute atomic E-state index is 0.107. The molecule has 1 aromatic heterocycles. The van der Waals surface area contributed by atoms with E-state index in [-0.39, 0.29) is 5.91 Å². The molecule has 5 heteroatoms. The zero-order valence-corrected chi connectivity index (χ0v) is 17.3. The number of benzene rings is 1. The Morgan fingerprint density at radius 2 is 1.76 bits per heavy atom. The number of amides is 1. The molecule has 0 bridgehead atoms. The van der Waals surface area contributed by atoms with Crippen molar-refractivity contribution in [3.8, 4) is 0 Å². The predicted octanol–water partition coefficient (Wildman–Crippen LogP) is 4.11. The number of piperidine rings is 1. The van der Waals surface area contributed by atoms with Gasteiger partial charge in [-0.15, -0.1) is 0 Å². The van der Waals surface area contributed by atoms with Gasteiger partial charge in [0.05, 0.1) is 11.7 Å². The first-order valence-electron chi connectivity index (χ1n) is 10.8. The number of likely N-dealkylation sites (tertiary alicyclic amines) is 1. The second-order valence-electron chi connectivity index (χ2n) is 8.16. The van der Waals surface area contributed by atoms with Crippen molar-refractivity contribution in [3.63, 3.8) is 0 Å². The fourth-order valence-corrected chi connectivity index (χ4v) is 4.56. The molecule has 1 aromatic carbocycles. The fourth-order valence-electron chi connectivity index (χ4n) is 4.56. The van der Waals surface area contributed by atoms with E-state index in [2.05, 4.69) is 40.2 Å². The largest absolute Gasteiger partial charge is 0.381 e. The first-order valence-corrected chi connectivity index (χ1v) is 10.8. The van der Waals surface area contributed by atoms with E-state index in [4.69, 9.17) is 4.74 Å². The maximum absolute atomic E-state index is 13.0. The van der Waals surface area contributed by atoms with E-state index in [1.54, 1.807) is 13.3 Å². The van der Waals surface area contributed by atoms with Gasteiger partial charge in [0.15, 0.2) is 0 Å². The van der Waals surface area contributed by atoms with Crippen LogP contribution in [0, 0.1) is 0 Å². The lowest BCUT2D eigenvalue weighted by molar-refractivity contribution is 0.0760. The molecule has 4 rings (SSSR count). The second kappa shape index (κ2) is 9.40. The van der Waals surface area contributed by atoms with E-state index in [1.807, 2.05) is 17.0 Å². The van der Waals surface area contributed by atoms with Crippen LogP contribution < -0.4 is 4.90 Å². The Kier molecular flexibility index (Phi) is 6.45. The number of pyridine rings is 1. The van der Waals surface area contributed by atoms with E-state index in [0.29, 0.717) is 17.6 Å². The number of nitrogens with zero attached hydrogens (tertiary/aromatic N) is 3. The highest BCUT2D eigenvalue weighted by atomic mass is 16.5. The quantitative estimate of drug-likeness (QED) is 0.784. The first kappa shape index (κ1) is 19.9. The summed E-state index contributed by atoms with van der Waals surface area (Å²) in [5.74, 6) is 1.61. The van der Waals surface area contributed by atoms with Gasteiger partial charge in [0.2, 0.25) is 0 Å². The Balaban J connectivity index is 1.36. The average molecular weight is 394 g/mol. The number of carbonyl (C=O) groups excluding carboxylic acids is 1. The molecule has 1 amide bonds. The standard InChI is InChI=1S/C24H31N3O2/c1-29-22-12-16-26(17-13-22)23-10-9-21(18-25-23)24(28)27-14-5-8-20(11-15-27)19-6-3-2-4-7-19/h2-4,6-7,9-10,18,20,22H,5,8,11-17H2,1H3. The van der Waals surface area contributed by atoms with Gasteiger partial charge in [-0.1, -0.05) is 30.3 Å². The fraction of sp³-hybridized carbons (Fsp3) is 0.500. The SMILES string of the molecule is COC1CCN(c2ccc(C(=O)N3CCCC(c4ccccc4)CC3)cn2)CC1. The van der Waals surface area contributed by atoms with Gasteiger partial charge in [0.25, 0.3) is 5.91 Å². The molecule has 0 saturated carbocycles. The third-order valence-electron chi connectivity index (χ3n) is 6.38. The number of hydrogen-bond acceptors (Lipinski definition) is 4. The van der Waals surface area contributed by atoms with Crippen LogP contribution in [0.4, 0.5) is 5.82 Å². The summed E-state index contributed by atoms with van der Waals surface area (Å²) in [6.07, 6.45) is 7.36. The minimum atomic E-state index is 0.107. The molecule has 5 nitrogen and oxygen atoms in total. The van der Waals surface area contributed by atoms with E-state index < -0.39 is 0 Å². The monoisotopic (exact) mass is 393 g/mol. The summed E-state index contributed by atoms with van der Waals surface area (Å²) in [5, 5.41) is 0. The summed E-state index contributed by atoms with van der Waals surface area (Å²) >= 11 is 0. The number of hydrogen-bond donors (Lipinski definition) is 0. The lowest BCUT2D eigenvalue weighted by Crippen LogP contribution is -2.37. The summed E-state index contributed by atoms with van der Waals surface area (Å²) in [5.41, 5.74) is 2.09. The lowest BCUT2D eigenvalue weighted by Gasteiger charge is -2.32. The predicted molar refractivity (Wildman–Crippen MR) is 115 cm³/mol. The van der Waals surface area contributed by atoms with Gasteiger partial charge < -0.3 is 14.5 Å². The van der Waals surface area contributed by atoms with Gasteiger partial charge >= 0.3 is 0 Å². The molecule has 2 fully saturated rings. The maximum atomic E-state index is 13.0. The molecular formula is C24H31N3O2. The maximum Gasteiger partial charge on any atom is 0.255 e. The zero-order chi connectivity index (χ0) is 20.1. The molecule has 0 radical (unpaired) electrons. The summed E-state index contributed by atoms with van der Waals surface area (Å²) in [6, 6.07) is 14.6. The van der Waals surface area contributed by atoms with Crippen molar-refractivity contribution < 1.29 is 9.53 Å². The summed E-state index contributed by atoms with van der Waals surface area (Å²) in [7, 11) is 1.78. The van der Waals surface area contributed by atoms with E-state index in [1.165, 1.54) is 5.56 Å². The van der Waals surface area contributed by atoms with Gasteiger partial charge in [-0.05, 0) is 55.7 Å². The van der Waals surface area contributed by atoms with Crippen LogP contribution in [0.1, 0.15) is 53.9 Å². The van der Waals surface area contributed by atoms with Gasteiger partial charge in [0.1, 0.15) is 5.82 Å². The van der Waals surface area contributed by atoms with Crippen LogP contribution in [0.15, 0.2) is 48.7 Å². The van der Waals surface area contributed by atoms with Crippen molar-refractivity contribution in [2.45, 2.75) is 44.1 Å². The van der Waals surface area contributed by atoms with Gasteiger partial charge in [-0.2, -0.15) is 0 Å². The Morgan fingerprint density at radius 3 is 2.45 bits per heavy atom. The molecule has 0 aliphatic carbocycles. The third kappa shape index (κ3) is 4.78. The number of carbonyl (C=O) groups is 1. The lowest BCUT2D eigenvalue weighted by atomic mass is 9.92. The van der Waals surface area contributed by atoms with Gasteiger partial charge in [0, 0.05) is 39.5 Å². The van der Waals surface area contributed by atoms with Crippen LogP contribution in [-0.2, 0) is 4.74 Å². The second-order valence-corrected chi connectivity index (χ2v) is 8.16. The van der Waals surface area contributed by atoms with Crippen LogP contribution in [0.25, 0.3) is 0 Å². The Labute approximate surface area is 173 Å². The van der Waals surface area contributed by atoms with E-state index in [0.717, 1.165) is 64.1 Å². The normalized spacial score (nSPS) is 21.1. The number of anilines is 1. The van der Waals surface area contributed by atoms with Crippen molar-refractivity contribution in [2.75, 3.05) is 38.2 Å². The van der Waals surface area contributed by atoms with Crippen LogP contribution in [-0.4, -0.2) is 55.2 Å². The molecule has 0 N–H and O–H groups in total. The van der Waals surface area contributed by atoms with Gasteiger partial charge in [-0.25, -0.2) is 4.98 Å². The molecule has 154 valence electrons. The van der Waals surface area contributed by atoms with E-state index >= 15 is 0 Å². The number of methoxy groups -OCH3 is 1. The van der Waals surface area contributed by atoms with Gasteiger partial charge in [-0.3, -0.25) is 4.79 Å². The van der Waals surface area contributed by atoms with Crippen molar-refractivity contribution >= 4 is 11.7 Å². The minimum Gasteiger partial charge on any atom is -0.381 e. The summed E-state index contributed by atoms with van der Waals surface area (Å²) in [4.78, 5) is 21.9. The molecule has 2 aliphatic rings. The molecule has 2 aromatic rings. The Hall–Kier alpha value is -2.40. The molecular weight excluding hydrogens is 362 g/mol. The topological polar surface area (TPSA) is 45.7 Å². The van der Waals surface area contributed by atoms with Crippen LogP contribution in [0.2, 0.25) is 0 Å². The molecule has 1 atom stereocenters. The van der Waals surface area contributed by atoms with Crippen molar-refractivity contribution in [3.05, 3.63) is 59.8 Å². The molecule has 29 heavy (non-hydrogen) atoms. The molecule has 3 heterocycles. The molecule has 2 aliphatic heterocycles. The summed E-state index contributed by atoms with van der Waals surface area (Å²) in [6.45, 7) is 3.54. The first-order chi connectivity index (χ1) is 14.2. The summed E-state index contributed by atoms with van der Waals surface area (Å²) < 4.78 is 5.44. The Morgan fingerprint density at radius 1 is 0.966 bits per heavy atom. The van der Waals surface area contributed by atoms with Crippen LogP contribution in [0.5, 0.6) is 0 Å². The van der Waals surface area contributed by atoms with Crippen molar-refractivity contribution in [2.24, 2.45) is 0 Å².